The van der Waals surface area contributed by atoms with E-state index in [9.17, 15) is 4.39 Å². The minimum atomic E-state index is -0.233. The van der Waals surface area contributed by atoms with Crippen LogP contribution in [0.5, 0.6) is 5.75 Å². The predicted octanol–water partition coefficient (Wildman–Crippen LogP) is 4.29. The summed E-state index contributed by atoms with van der Waals surface area (Å²) in [5, 5.41) is 3.43. The predicted molar refractivity (Wildman–Crippen MR) is 83.8 cm³/mol. The molecule has 0 saturated carbocycles. The fourth-order valence-electron chi connectivity index (χ4n) is 1.85. The Bertz CT molecular complexity index is 573. The van der Waals surface area contributed by atoms with Gasteiger partial charge in [0.2, 0.25) is 0 Å². The highest BCUT2D eigenvalue weighted by atomic mass is 19.1. The van der Waals surface area contributed by atoms with E-state index in [1.165, 1.54) is 11.6 Å². The van der Waals surface area contributed by atoms with Gasteiger partial charge < -0.3 is 10.1 Å². The van der Waals surface area contributed by atoms with Gasteiger partial charge in [0.1, 0.15) is 18.2 Å². The molecule has 0 aliphatic heterocycles. The maximum absolute atomic E-state index is 13.5. The van der Waals surface area contributed by atoms with Crippen molar-refractivity contribution in [1.29, 1.82) is 0 Å². The largest absolute Gasteiger partial charge is 0.489 e. The number of nitrogens with one attached hydrogen (secondary N) is 1. The molecule has 0 saturated heterocycles. The van der Waals surface area contributed by atoms with Gasteiger partial charge in [0, 0.05) is 17.6 Å². The first kappa shape index (κ1) is 15.5. The van der Waals surface area contributed by atoms with Crippen molar-refractivity contribution in [1.82, 2.24) is 5.32 Å². The summed E-state index contributed by atoms with van der Waals surface area (Å²) in [6.45, 7) is 7.47. The van der Waals surface area contributed by atoms with Gasteiger partial charge in [-0.2, -0.15) is 0 Å². The van der Waals surface area contributed by atoms with Crippen LogP contribution in [0.4, 0.5) is 4.39 Å². The quantitative estimate of drug-likeness (QED) is 0.885. The molecule has 21 heavy (non-hydrogen) atoms. The monoisotopic (exact) mass is 287 g/mol. The van der Waals surface area contributed by atoms with E-state index in [-0.39, 0.29) is 18.0 Å². The van der Waals surface area contributed by atoms with Gasteiger partial charge in [-0.25, -0.2) is 4.39 Å². The van der Waals surface area contributed by atoms with E-state index in [2.05, 4.69) is 26.1 Å². The summed E-state index contributed by atoms with van der Waals surface area (Å²) in [5.74, 6) is 0.515. The van der Waals surface area contributed by atoms with Crippen LogP contribution in [0, 0.1) is 5.82 Å². The lowest BCUT2D eigenvalue weighted by atomic mass is 10.1. The van der Waals surface area contributed by atoms with Crippen molar-refractivity contribution >= 4 is 0 Å². The molecule has 0 heterocycles. The molecule has 0 fully saturated rings. The minimum Gasteiger partial charge on any atom is -0.489 e. The van der Waals surface area contributed by atoms with E-state index >= 15 is 0 Å². The first-order valence-electron chi connectivity index (χ1n) is 7.14. The molecule has 112 valence electrons. The molecule has 3 heteroatoms. The van der Waals surface area contributed by atoms with Gasteiger partial charge in [-0.1, -0.05) is 30.3 Å². The summed E-state index contributed by atoms with van der Waals surface area (Å²) < 4.78 is 19.1. The average molecular weight is 287 g/mol. The molecule has 0 aromatic heterocycles. The van der Waals surface area contributed by atoms with Gasteiger partial charge in [0.15, 0.2) is 0 Å². The van der Waals surface area contributed by atoms with Crippen molar-refractivity contribution < 1.29 is 9.13 Å². The van der Waals surface area contributed by atoms with E-state index in [1.54, 1.807) is 12.1 Å². The topological polar surface area (TPSA) is 21.3 Å². The second-order valence-electron chi connectivity index (χ2n) is 6.13. The number of halogens is 1. The smallest absolute Gasteiger partial charge is 0.129 e. The molecule has 2 nitrogen and oxygen atoms in total. The number of hydrogen-bond donors (Lipinski definition) is 1. The summed E-state index contributed by atoms with van der Waals surface area (Å²) in [6.07, 6.45) is 0. The van der Waals surface area contributed by atoms with Crippen molar-refractivity contribution in [2.24, 2.45) is 0 Å². The molecule has 0 aliphatic carbocycles. The molecule has 0 bridgehead atoms. The summed E-state index contributed by atoms with van der Waals surface area (Å²) >= 11 is 0. The van der Waals surface area contributed by atoms with Crippen LogP contribution in [0.15, 0.2) is 48.5 Å². The number of rotatable bonds is 5. The molecule has 0 atom stereocenters. The van der Waals surface area contributed by atoms with Crippen molar-refractivity contribution in [3.63, 3.8) is 0 Å². The second kappa shape index (κ2) is 6.72. The molecule has 1 N–H and O–H groups in total. The summed E-state index contributed by atoms with van der Waals surface area (Å²) in [6, 6.07) is 14.5. The molecular weight excluding hydrogens is 265 g/mol. The van der Waals surface area contributed by atoms with E-state index in [0.29, 0.717) is 5.56 Å². The third kappa shape index (κ3) is 5.20. The molecule has 0 radical (unpaired) electrons. The van der Waals surface area contributed by atoms with Crippen molar-refractivity contribution in [2.75, 3.05) is 0 Å². The highest BCUT2D eigenvalue weighted by Crippen LogP contribution is 2.16. The van der Waals surface area contributed by atoms with E-state index in [1.807, 2.05) is 30.3 Å². The molecule has 0 amide bonds. The van der Waals surface area contributed by atoms with Crippen LogP contribution in [-0.4, -0.2) is 5.54 Å². The van der Waals surface area contributed by atoms with Crippen LogP contribution in [0.3, 0.4) is 0 Å². The standard InChI is InChI=1S/C18H22FNO/c1-18(2,3)20-12-14-8-10-16(11-9-14)21-13-15-6-4-5-7-17(15)19/h4-11,20H,12-13H2,1-3H3. The van der Waals surface area contributed by atoms with Crippen molar-refractivity contribution in [3.8, 4) is 5.75 Å². The Morgan fingerprint density at radius 2 is 1.67 bits per heavy atom. The second-order valence-corrected chi connectivity index (χ2v) is 6.13. The van der Waals surface area contributed by atoms with Gasteiger partial charge in [-0.05, 0) is 44.5 Å². The summed E-state index contributed by atoms with van der Waals surface area (Å²) in [4.78, 5) is 0. The zero-order valence-corrected chi connectivity index (χ0v) is 12.8. The average Bonchev–Trinajstić information content (AvgIpc) is 2.45. The molecule has 2 rings (SSSR count). The van der Waals surface area contributed by atoms with E-state index in [4.69, 9.17) is 4.74 Å². The van der Waals surface area contributed by atoms with Crippen LogP contribution >= 0.6 is 0 Å². The molecule has 0 spiro atoms. The summed E-state index contributed by atoms with van der Waals surface area (Å²) in [5.41, 5.74) is 1.86. The Morgan fingerprint density at radius 3 is 2.29 bits per heavy atom. The highest BCUT2D eigenvalue weighted by molar-refractivity contribution is 5.28. The fourth-order valence-corrected chi connectivity index (χ4v) is 1.85. The van der Waals surface area contributed by atoms with Crippen LogP contribution in [0.2, 0.25) is 0 Å². The SMILES string of the molecule is CC(C)(C)NCc1ccc(OCc2ccccc2F)cc1. The van der Waals surface area contributed by atoms with Crippen LogP contribution in [0.1, 0.15) is 31.9 Å². The molecule has 2 aromatic rings. The first-order chi connectivity index (χ1) is 9.94. The number of benzene rings is 2. The zero-order chi connectivity index (χ0) is 15.3. The van der Waals surface area contributed by atoms with Crippen molar-refractivity contribution in [3.05, 3.63) is 65.5 Å². The Hall–Kier alpha value is -1.87. The minimum absolute atomic E-state index is 0.0972. The lowest BCUT2D eigenvalue weighted by Gasteiger charge is -2.20. The van der Waals surface area contributed by atoms with E-state index in [0.717, 1.165) is 12.3 Å². The molecule has 2 aromatic carbocycles. The normalized spacial score (nSPS) is 11.4. The molecule has 0 unspecified atom stereocenters. The van der Waals surface area contributed by atoms with Crippen molar-refractivity contribution in [2.45, 2.75) is 39.5 Å². The first-order valence-corrected chi connectivity index (χ1v) is 7.14. The lowest BCUT2D eigenvalue weighted by Crippen LogP contribution is -2.34. The Morgan fingerprint density at radius 1 is 1.00 bits per heavy atom. The fraction of sp³-hybridized carbons (Fsp3) is 0.333. The maximum atomic E-state index is 13.5. The van der Waals surface area contributed by atoms with Crippen LogP contribution in [0.25, 0.3) is 0 Å². The van der Waals surface area contributed by atoms with Gasteiger partial charge in [-0.3, -0.25) is 0 Å². The number of ether oxygens (including phenoxy) is 1. The zero-order valence-electron chi connectivity index (χ0n) is 12.8. The van der Waals surface area contributed by atoms with E-state index < -0.39 is 0 Å². The van der Waals surface area contributed by atoms with Crippen LogP contribution in [-0.2, 0) is 13.2 Å². The van der Waals surface area contributed by atoms with Gasteiger partial charge in [0.05, 0.1) is 0 Å². The third-order valence-corrected chi connectivity index (χ3v) is 3.10. The third-order valence-electron chi connectivity index (χ3n) is 3.10. The van der Waals surface area contributed by atoms with Gasteiger partial charge in [-0.15, -0.1) is 0 Å². The lowest BCUT2D eigenvalue weighted by molar-refractivity contribution is 0.299. The number of hydrogen-bond acceptors (Lipinski definition) is 2. The Labute approximate surface area is 126 Å². The van der Waals surface area contributed by atoms with Gasteiger partial charge >= 0.3 is 0 Å². The summed E-state index contributed by atoms with van der Waals surface area (Å²) in [7, 11) is 0. The Kier molecular flexibility index (Phi) is 4.97. The molecular formula is C18H22FNO. The highest BCUT2D eigenvalue weighted by Gasteiger charge is 2.08. The van der Waals surface area contributed by atoms with Crippen LogP contribution < -0.4 is 10.1 Å². The van der Waals surface area contributed by atoms with Gasteiger partial charge in [0.25, 0.3) is 0 Å². The molecule has 0 aliphatic rings. The Balaban J connectivity index is 1.89. The maximum Gasteiger partial charge on any atom is 0.129 e.